The van der Waals surface area contributed by atoms with Crippen LogP contribution in [0.15, 0.2) is 188 Å². The average Bonchev–Trinajstić information content (AvgIpc) is 3.77. The van der Waals surface area contributed by atoms with Crippen molar-refractivity contribution in [1.29, 1.82) is 0 Å². The van der Waals surface area contributed by atoms with Crippen molar-refractivity contribution in [1.82, 2.24) is 0 Å². The van der Waals surface area contributed by atoms with Gasteiger partial charge in [-0.05, 0) is 151 Å². The van der Waals surface area contributed by atoms with Gasteiger partial charge in [-0.25, -0.2) is 0 Å². The quantitative estimate of drug-likeness (QED) is 0.115. The second-order valence-corrected chi connectivity index (χ2v) is 27.6. The molecule has 0 atom stereocenters. The van der Waals surface area contributed by atoms with Crippen molar-refractivity contribution in [2.45, 2.75) is 131 Å². The number of fused-ring (bicyclic) bond motifs is 5. The highest BCUT2D eigenvalue weighted by molar-refractivity contribution is 5.89. The Morgan fingerprint density at radius 1 is 0.220 bits per heavy atom. The van der Waals surface area contributed by atoms with Gasteiger partial charge in [0.1, 0.15) is 0 Å². The molecular formula is C82H80. The molecule has 0 unspecified atom stereocenters. The maximum atomic E-state index is 3.72. The third-order valence-corrected chi connectivity index (χ3v) is 16.3. The molecule has 0 amide bonds. The van der Waals surface area contributed by atoms with E-state index in [0.29, 0.717) is 0 Å². The van der Waals surface area contributed by atoms with Crippen LogP contribution in [0, 0.1) is 23.7 Å². The fourth-order valence-corrected chi connectivity index (χ4v) is 11.0. The molecule has 0 radical (unpaired) electrons. The lowest BCUT2D eigenvalue weighted by atomic mass is 9.88. The number of allylic oxidation sites excluding steroid dienone is 4. The van der Waals surface area contributed by atoms with Crippen molar-refractivity contribution in [2.24, 2.45) is 0 Å². The molecule has 10 aliphatic rings. The van der Waals surface area contributed by atoms with Gasteiger partial charge in [0, 0.05) is 22.3 Å². The largest absolute Gasteiger partial charge is 0.0616 e. The van der Waals surface area contributed by atoms with E-state index in [0.717, 1.165) is 55.6 Å². The average molecular weight is 1070 g/mol. The molecule has 0 aromatic rings. The SMILES string of the molecule is CC(C)(C)c1ccc2c(C#Cc3cc(/C=C/C=C/c4ccc5ccc(C(C)(C)C)ccc4-5)c4ccc(C(C)(C)C)ccc3-4)cc(C#Cc3cc(/C=C/C=C/c4ccc5ccc(C(C)(C)C)ccc4-5)c4ccc(C(C)(C)C)ccc3-4)c-2cc1. The molecule has 0 saturated carbocycles. The van der Waals surface area contributed by atoms with Crippen LogP contribution in [0.25, 0.3) is 79.9 Å². The van der Waals surface area contributed by atoms with Crippen molar-refractivity contribution >= 4 is 24.3 Å². The van der Waals surface area contributed by atoms with Gasteiger partial charge < -0.3 is 0 Å². The van der Waals surface area contributed by atoms with Gasteiger partial charge in [-0.3, -0.25) is 0 Å². The van der Waals surface area contributed by atoms with Crippen LogP contribution in [-0.2, 0) is 27.1 Å². The zero-order valence-electron chi connectivity index (χ0n) is 51.2. The first-order valence-electron chi connectivity index (χ1n) is 29.3. The number of hydrogen-bond donors (Lipinski definition) is 0. The normalized spacial score (nSPS) is 12.9. The first kappa shape index (κ1) is 56.8. The molecule has 0 fully saturated rings. The Hall–Kier alpha value is -8.42. The second kappa shape index (κ2) is 22.1. The van der Waals surface area contributed by atoms with Crippen LogP contribution in [0.2, 0.25) is 0 Å². The molecule has 408 valence electrons. The lowest BCUT2D eigenvalue weighted by Crippen LogP contribution is -2.09. The summed E-state index contributed by atoms with van der Waals surface area (Å²) in [6.07, 6.45) is 17.6. The Morgan fingerprint density at radius 2 is 0.439 bits per heavy atom. The van der Waals surface area contributed by atoms with E-state index in [9.17, 15) is 0 Å². The van der Waals surface area contributed by atoms with Crippen LogP contribution in [0.5, 0.6) is 0 Å². The minimum absolute atomic E-state index is 0.00581. The summed E-state index contributed by atoms with van der Waals surface area (Å²) in [5, 5.41) is 0. The van der Waals surface area contributed by atoms with Gasteiger partial charge in [-0.2, -0.15) is 0 Å². The maximum absolute atomic E-state index is 3.72. The van der Waals surface area contributed by atoms with Gasteiger partial charge in [0.25, 0.3) is 0 Å². The Balaban J connectivity index is 1.02. The topological polar surface area (TPSA) is 0 Å². The van der Waals surface area contributed by atoms with Crippen molar-refractivity contribution in [2.75, 3.05) is 0 Å². The highest BCUT2D eigenvalue weighted by Gasteiger charge is 2.22. The molecule has 0 N–H and O–H groups in total. The first-order chi connectivity index (χ1) is 38.8. The molecular weight excluding hydrogens is 985 g/mol. The Morgan fingerprint density at radius 3 is 0.732 bits per heavy atom. The Bertz CT molecular complexity index is 3830. The summed E-state index contributed by atoms with van der Waals surface area (Å²) in [4.78, 5) is 0. The Kier molecular flexibility index (Phi) is 15.4. The van der Waals surface area contributed by atoms with Crippen LogP contribution in [-0.4, -0.2) is 0 Å². The van der Waals surface area contributed by atoms with E-state index >= 15 is 0 Å². The summed E-state index contributed by atoms with van der Waals surface area (Å²) in [5.41, 5.74) is 27.1. The van der Waals surface area contributed by atoms with E-state index in [4.69, 9.17) is 0 Å². The maximum Gasteiger partial charge on any atom is 0.0340 e. The minimum Gasteiger partial charge on any atom is -0.0616 e. The van der Waals surface area contributed by atoms with Crippen LogP contribution in [0.3, 0.4) is 0 Å². The highest BCUT2D eigenvalue weighted by atomic mass is 14.3. The molecule has 10 aliphatic carbocycles. The summed E-state index contributed by atoms with van der Waals surface area (Å²) < 4.78 is 0. The highest BCUT2D eigenvalue weighted by Crippen LogP contribution is 2.40. The summed E-state index contributed by atoms with van der Waals surface area (Å²) in [5.74, 6) is 14.9. The fraction of sp³-hybridized carbons (Fsp3) is 0.244. The standard InChI is InChI=1S/C82H80/c1-78(2,3)65-34-32-57-26-24-55(70(57)44-36-65)20-16-18-22-59-52-61(74-48-40-67(80(7,8)9)38-46-72(59)74)28-30-63-54-64(77-51-43-69(82(13,14)15)42-50-76(63)77)31-29-62-53-60(73-47-39-68(81(10,11)12)41-49-75(62)73)23-19-17-21-56-25-27-58-33-35-66(79(4,5)6)37-45-71(56)58/h16-27,32-54H,1-15H3/b20-16+,21-17+,22-18+,23-19+. The minimum atomic E-state index is -0.0336. The third-order valence-electron chi connectivity index (χ3n) is 16.3. The van der Waals surface area contributed by atoms with Crippen LogP contribution < -0.4 is 0 Å². The first-order valence-corrected chi connectivity index (χ1v) is 29.3. The van der Waals surface area contributed by atoms with Gasteiger partial charge in [0.2, 0.25) is 0 Å². The van der Waals surface area contributed by atoms with E-state index in [1.54, 1.807) is 0 Å². The van der Waals surface area contributed by atoms with Crippen LogP contribution in [0.1, 0.15) is 176 Å². The van der Waals surface area contributed by atoms with E-state index < -0.39 is 0 Å². The molecule has 0 aromatic heterocycles. The summed E-state index contributed by atoms with van der Waals surface area (Å²) in [7, 11) is 0. The zero-order chi connectivity index (χ0) is 58.4. The lowest BCUT2D eigenvalue weighted by Gasteiger charge is -2.17. The smallest absolute Gasteiger partial charge is 0.0340 e. The van der Waals surface area contributed by atoms with Crippen molar-refractivity contribution in [3.8, 4) is 79.3 Å². The molecule has 0 aromatic carbocycles. The van der Waals surface area contributed by atoms with Crippen molar-refractivity contribution < 1.29 is 0 Å². The molecule has 0 saturated heterocycles. The van der Waals surface area contributed by atoms with Crippen molar-refractivity contribution in [3.63, 3.8) is 0 Å². The lowest BCUT2D eigenvalue weighted by molar-refractivity contribution is 0.590. The summed E-state index contributed by atoms with van der Waals surface area (Å²) in [6, 6.07) is 61.0. The van der Waals surface area contributed by atoms with E-state index in [1.807, 2.05) is 0 Å². The third kappa shape index (κ3) is 12.4. The zero-order valence-corrected chi connectivity index (χ0v) is 51.2. The Labute approximate surface area is 492 Å². The predicted octanol–water partition coefficient (Wildman–Crippen LogP) is 22.0. The molecule has 0 heterocycles. The van der Waals surface area contributed by atoms with Gasteiger partial charge >= 0.3 is 0 Å². The van der Waals surface area contributed by atoms with Crippen molar-refractivity contribution in [3.05, 3.63) is 260 Å². The van der Waals surface area contributed by atoms with Gasteiger partial charge in [-0.15, -0.1) is 0 Å². The molecule has 0 bridgehead atoms. The second-order valence-electron chi connectivity index (χ2n) is 27.6. The molecule has 10 rings (SSSR count). The van der Waals surface area contributed by atoms with Gasteiger partial charge in [-0.1, -0.05) is 322 Å². The molecule has 0 heteroatoms. The van der Waals surface area contributed by atoms with Gasteiger partial charge in [0.15, 0.2) is 0 Å². The molecule has 0 aliphatic heterocycles. The van der Waals surface area contributed by atoms with E-state index in [1.165, 1.54) is 72.3 Å². The van der Waals surface area contributed by atoms with E-state index in [-0.39, 0.29) is 27.1 Å². The summed E-state index contributed by atoms with van der Waals surface area (Å²) >= 11 is 0. The predicted molar refractivity (Wildman–Crippen MR) is 357 cm³/mol. The van der Waals surface area contributed by atoms with Gasteiger partial charge in [0.05, 0.1) is 0 Å². The number of rotatable bonds is 6. The summed E-state index contributed by atoms with van der Waals surface area (Å²) in [6.45, 7) is 34.1. The van der Waals surface area contributed by atoms with Crippen LogP contribution in [0.4, 0.5) is 0 Å². The fourth-order valence-electron chi connectivity index (χ4n) is 11.0. The number of hydrogen-bond acceptors (Lipinski definition) is 0. The molecule has 0 nitrogen and oxygen atoms in total. The monoisotopic (exact) mass is 1060 g/mol. The van der Waals surface area contributed by atoms with E-state index in [2.05, 4.69) is 340 Å². The van der Waals surface area contributed by atoms with Crippen LogP contribution >= 0.6 is 0 Å². The molecule has 82 heavy (non-hydrogen) atoms. The molecule has 0 spiro atoms.